The molecule has 2 aromatic heterocycles. The first-order chi connectivity index (χ1) is 11.3. The molecule has 0 aliphatic carbocycles. The zero-order valence-corrected chi connectivity index (χ0v) is 13.5. The van der Waals surface area contributed by atoms with Crippen molar-refractivity contribution in [1.29, 1.82) is 0 Å². The van der Waals surface area contributed by atoms with E-state index in [4.69, 9.17) is 0 Å². The summed E-state index contributed by atoms with van der Waals surface area (Å²) in [5.41, 5.74) is 1.26. The van der Waals surface area contributed by atoms with E-state index in [0.29, 0.717) is 5.82 Å². The summed E-state index contributed by atoms with van der Waals surface area (Å²) in [6, 6.07) is 3.99. The number of fused-ring (bicyclic) bond motifs is 1. The van der Waals surface area contributed by atoms with Gasteiger partial charge in [-0.25, -0.2) is 14.2 Å². The molecule has 0 amide bonds. The number of nitrogens with one attached hydrogen (secondary N) is 1. The molecule has 1 aromatic carbocycles. The second kappa shape index (κ2) is 5.59. The molecule has 2 N–H and O–H groups in total. The van der Waals surface area contributed by atoms with Crippen molar-refractivity contribution in [2.75, 3.05) is 0 Å². The summed E-state index contributed by atoms with van der Waals surface area (Å²) in [4.78, 5) is 31.7. The molecule has 7 heteroatoms. The van der Waals surface area contributed by atoms with Crippen molar-refractivity contribution < 1.29 is 14.3 Å². The molecule has 0 aliphatic heterocycles. The summed E-state index contributed by atoms with van der Waals surface area (Å²) in [6.45, 7) is 5.26. The molecule has 3 rings (SSSR count). The molecule has 0 spiro atoms. The standard InChI is InChI=1S/C17H16FN3O3/c1-8-9(2)20-13(19-8)7-21-10(3)14(17(23)24)11-5-4-6-12(18)15(11)16(21)22/h4-6H,7H2,1-3H3,(H,19,20)(H,23,24). The Labute approximate surface area is 136 Å². The SMILES string of the molecule is Cc1nc(Cn2c(C)c(C(=O)O)c3cccc(F)c3c2=O)[nH]c1C. The number of carboxylic acid groups (broad SMARTS) is 1. The van der Waals surface area contributed by atoms with Crippen LogP contribution >= 0.6 is 0 Å². The van der Waals surface area contributed by atoms with Gasteiger partial charge in [-0.3, -0.25) is 4.79 Å². The maximum Gasteiger partial charge on any atom is 0.338 e. The summed E-state index contributed by atoms with van der Waals surface area (Å²) in [5.74, 6) is -1.42. The Morgan fingerprint density at radius 3 is 2.62 bits per heavy atom. The summed E-state index contributed by atoms with van der Waals surface area (Å²) >= 11 is 0. The molecule has 6 nitrogen and oxygen atoms in total. The molecule has 0 saturated carbocycles. The number of imidazole rings is 1. The first-order valence-electron chi connectivity index (χ1n) is 7.38. The van der Waals surface area contributed by atoms with Gasteiger partial charge >= 0.3 is 5.97 Å². The molecule has 0 aliphatic rings. The number of carboxylic acids is 1. The maximum absolute atomic E-state index is 14.2. The zero-order valence-electron chi connectivity index (χ0n) is 13.5. The number of nitrogens with zero attached hydrogens (tertiary/aromatic N) is 2. The summed E-state index contributed by atoms with van der Waals surface area (Å²) < 4.78 is 15.4. The van der Waals surface area contributed by atoms with Crippen LogP contribution < -0.4 is 5.56 Å². The first-order valence-corrected chi connectivity index (χ1v) is 7.38. The molecule has 0 atom stereocenters. The second-order valence-electron chi connectivity index (χ2n) is 5.71. The Kier molecular flexibility index (Phi) is 3.71. The minimum atomic E-state index is -1.20. The zero-order chi connectivity index (χ0) is 17.6. The number of hydrogen-bond donors (Lipinski definition) is 2. The summed E-state index contributed by atoms with van der Waals surface area (Å²) in [7, 11) is 0. The molecule has 0 unspecified atom stereocenters. The fourth-order valence-corrected chi connectivity index (χ4v) is 2.87. The lowest BCUT2D eigenvalue weighted by atomic mass is 10.0. The van der Waals surface area contributed by atoms with E-state index < -0.39 is 17.3 Å². The predicted octanol–water partition coefficient (Wildman–Crippen LogP) is 2.54. The van der Waals surface area contributed by atoms with Crippen LogP contribution in [0.2, 0.25) is 0 Å². The average Bonchev–Trinajstić information content (AvgIpc) is 2.81. The third-order valence-electron chi connectivity index (χ3n) is 4.21. The lowest BCUT2D eigenvalue weighted by Gasteiger charge is -2.14. The van der Waals surface area contributed by atoms with Gasteiger partial charge in [-0.2, -0.15) is 0 Å². The van der Waals surface area contributed by atoms with Crippen molar-refractivity contribution in [2.24, 2.45) is 0 Å². The number of hydrogen-bond acceptors (Lipinski definition) is 3. The lowest BCUT2D eigenvalue weighted by molar-refractivity contribution is 0.0697. The fourth-order valence-electron chi connectivity index (χ4n) is 2.87. The van der Waals surface area contributed by atoms with Gasteiger partial charge in [0.2, 0.25) is 0 Å². The number of halogens is 1. The monoisotopic (exact) mass is 329 g/mol. The molecule has 0 bridgehead atoms. The fraction of sp³-hybridized carbons (Fsp3) is 0.235. The van der Waals surface area contributed by atoms with E-state index in [2.05, 4.69) is 9.97 Å². The largest absolute Gasteiger partial charge is 0.478 e. The van der Waals surface area contributed by atoms with Crippen molar-refractivity contribution in [3.63, 3.8) is 0 Å². The van der Waals surface area contributed by atoms with Crippen LogP contribution in [-0.2, 0) is 6.54 Å². The molecule has 124 valence electrons. The highest BCUT2D eigenvalue weighted by Gasteiger charge is 2.21. The van der Waals surface area contributed by atoms with Crippen LogP contribution in [0.4, 0.5) is 4.39 Å². The van der Waals surface area contributed by atoms with Crippen molar-refractivity contribution in [2.45, 2.75) is 27.3 Å². The maximum atomic E-state index is 14.2. The number of H-pyrrole nitrogens is 1. The van der Waals surface area contributed by atoms with E-state index >= 15 is 0 Å². The number of rotatable bonds is 3. The van der Waals surface area contributed by atoms with Gasteiger partial charge in [0.25, 0.3) is 5.56 Å². The van der Waals surface area contributed by atoms with Gasteiger partial charge in [-0.15, -0.1) is 0 Å². The Bertz CT molecular complexity index is 1010. The Hall–Kier alpha value is -2.96. The molecule has 24 heavy (non-hydrogen) atoms. The highest BCUT2D eigenvalue weighted by atomic mass is 19.1. The number of aromatic carboxylic acids is 1. The minimum Gasteiger partial charge on any atom is -0.478 e. The van der Waals surface area contributed by atoms with Crippen molar-refractivity contribution in [1.82, 2.24) is 14.5 Å². The van der Waals surface area contributed by atoms with Gasteiger partial charge in [0, 0.05) is 16.8 Å². The van der Waals surface area contributed by atoms with E-state index in [1.807, 2.05) is 13.8 Å². The number of aromatic nitrogens is 3. The van der Waals surface area contributed by atoms with E-state index in [9.17, 15) is 19.1 Å². The summed E-state index contributed by atoms with van der Waals surface area (Å²) in [5, 5.41) is 9.41. The second-order valence-corrected chi connectivity index (χ2v) is 5.71. The third kappa shape index (κ3) is 2.38. The Balaban J connectivity index is 2.33. The van der Waals surface area contributed by atoms with Crippen LogP contribution in [0.15, 0.2) is 23.0 Å². The molecule has 0 radical (unpaired) electrons. The molecular weight excluding hydrogens is 313 g/mol. The normalized spacial score (nSPS) is 11.2. The first kappa shape index (κ1) is 15.9. The topological polar surface area (TPSA) is 88.0 Å². The Morgan fingerprint density at radius 2 is 2.04 bits per heavy atom. The van der Waals surface area contributed by atoms with E-state index in [0.717, 1.165) is 17.5 Å². The van der Waals surface area contributed by atoms with Gasteiger partial charge in [0.05, 0.1) is 23.2 Å². The molecule has 0 fully saturated rings. The van der Waals surface area contributed by atoms with Crippen LogP contribution in [0, 0.1) is 26.6 Å². The van der Waals surface area contributed by atoms with E-state index in [1.165, 1.54) is 23.6 Å². The summed E-state index contributed by atoms with van der Waals surface area (Å²) in [6.07, 6.45) is 0. The van der Waals surface area contributed by atoms with Gasteiger partial charge in [0.15, 0.2) is 0 Å². The van der Waals surface area contributed by atoms with E-state index in [1.54, 1.807) is 0 Å². The van der Waals surface area contributed by atoms with Crippen LogP contribution in [0.25, 0.3) is 10.8 Å². The van der Waals surface area contributed by atoms with Gasteiger partial charge in [-0.05, 0) is 26.8 Å². The predicted molar refractivity (Wildman–Crippen MR) is 87.0 cm³/mol. The molecule has 2 heterocycles. The molecular formula is C17H16FN3O3. The van der Waals surface area contributed by atoms with E-state index in [-0.39, 0.29) is 28.6 Å². The smallest absolute Gasteiger partial charge is 0.338 e. The molecule has 3 aromatic rings. The highest BCUT2D eigenvalue weighted by Crippen LogP contribution is 2.22. The Morgan fingerprint density at radius 1 is 1.33 bits per heavy atom. The average molecular weight is 329 g/mol. The number of carbonyl (C=O) groups is 1. The minimum absolute atomic E-state index is 0.0455. The lowest BCUT2D eigenvalue weighted by Crippen LogP contribution is -2.27. The highest BCUT2D eigenvalue weighted by molar-refractivity contribution is 6.04. The van der Waals surface area contributed by atoms with Gasteiger partial charge < -0.3 is 14.7 Å². The number of aromatic amines is 1. The molecule has 0 saturated heterocycles. The van der Waals surface area contributed by atoms with Crippen LogP contribution in [0.3, 0.4) is 0 Å². The number of aryl methyl sites for hydroxylation is 2. The van der Waals surface area contributed by atoms with Gasteiger partial charge in [0.1, 0.15) is 11.6 Å². The van der Waals surface area contributed by atoms with Crippen LogP contribution in [0.1, 0.15) is 33.3 Å². The third-order valence-corrected chi connectivity index (χ3v) is 4.21. The number of pyridine rings is 1. The van der Waals surface area contributed by atoms with Crippen LogP contribution in [-0.4, -0.2) is 25.6 Å². The van der Waals surface area contributed by atoms with Crippen molar-refractivity contribution >= 4 is 16.7 Å². The van der Waals surface area contributed by atoms with Crippen LogP contribution in [0.5, 0.6) is 0 Å². The number of benzene rings is 1. The van der Waals surface area contributed by atoms with Crippen molar-refractivity contribution in [3.8, 4) is 0 Å². The van der Waals surface area contributed by atoms with Crippen molar-refractivity contribution in [3.05, 3.63) is 62.8 Å². The van der Waals surface area contributed by atoms with Gasteiger partial charge in [-0.1, -0.05) is 12.1 Å². The quantitative estimate of drug-likeness (QED) is 0.773.